The van der Waals surface area contributed by atoms with Gasteiger partial charge in [-0.05, 0) is 66.9 Å². The number of hydrogen-bond donors (Lipinski definition) is 0. The summed E-state index contributed by atoms with van der Waals surface area (Å²) in [5.41, 5.74) is 1.67. The molecule has 168 valence electrons. The maximum atomic E-state index is 14.3. The largest absolute Gasteiger partial charge is 0.491 e. The Morgan fingerprint density at radius 2 is 1.18 bits per heavy atom. The van der Waals surface area contributed by atoms with E-state index in [1.54, 1.807) is 24.3 Å². The molecular weight excluding hydrogens is 428 g/mol. The van der Waals surface area contributed by atoms with Crippen molar-refractivity contribution in [1.82, 2.24) is 0 Å². The van der Waals surface area contributed by atoms with Crippen LogP contribution in [0.4, 0.5) is 17.6 Å². The lowest BCUT2D eigenvalue weighted by Gasteiger charge is -2.04. The van der Waals surface area contributed by atoms with Gasteiger partial charge in [-0.1, -0.05) is 43.4 Å². The fourth-order valence-corrected chi connectivity index (χ4v) is 3.21. The van der Waals surface area contributed by atoms with Crippen molar-refractivity contribution in [2.75, 3.05) is 7.11 Å². The summed E-state index contributed by atoms with van der Waals surface area (Å²) in [6, 6.07) is 11.5. The molecule has 0 bridgehead atoms. The summed E-state index contributed by atoms with van der Waals surface area (Å²) in [4.78, 5) is 0. The monoisotopic (exact) mass is 450 g/mol. The van der Waals surface area contributed by atoms with Gasteiger partial charge in [0, 0.05) is 16.7 Å². The van der Waals surface area contributed by atoms with E-state index >= 15 is 0 Å². The maximum Gasteiger partial charge on any atom is 0.190 e. The molecule has 0 unspecified atom stereocenters. The van der Waals surface area contributed by atoms with Crippen LogP contribution in [0.5, 0.6) is 5.75 Å². The minimum atomic E-state index is -0.833. The Bertz CT molecular complexity index is 1210. The summed E-state index contributed by atoms with van der Waals surface area (Å²) in [7, 11) is 1.18. The van der Waals surface area contributed by atoms with Crippen molar-refractivity contribution in [3.05, 3.63) is 99.6 Å². The van der Waals surface area contributed by atoms with Gasteiger partial charge in [-0.2, -0.15) is 0 Å². The van der Waals surface area contributed by atoms with E-state index in [-0.39, 0.29) is 11.1 Å². The SMILES string of the molecule is CCCCCc1cc(F)c(C#Cc2ccc(C#Cc3cc(F)c(OC)c(F)c3)cc2)c(F)c1. The number of unbranched alkanes of at least 4 members (excludes halogenated alkanes) is 2. The Morgan fingerprint density at radius 3 is 1.70 bits per heavy atom. The molecule has 0 saturated carbocycles. The van der Waals surface area contributed by atoms with Crippen LogP contribution in [0.2, 0.25) is 0 Å². The van der Waals surface area contributed by atoms with Gasteiger partial charge in [-0.25, -0.2) is 17.6 Å². The third kappa shape index (κ3) is 6.40. The predicted octanol–water partition coefficient (Wildman–Crippen LogP) is 6.78. The number of ether oxygens (including phenoxy) is 1. The number of rotatable bonds is 5. The summed E-state index contributed by atoms with van der Waals surface area (Å²) < 4.78 is 60.8. The Balaban J connectivity index is 1.74. The van der Waals surface area contributed by atoms with Crippen molar-refractivity contribution < 1.29 is 22.3 Å². The molecule has 3 aromatic rings. The lowest BCUT2D eigenvalue weighted by molar-refractivity contribution is 0.359. The van der Waals surface area contributed by atoms with Gasteiger partial charge >= 0.3 is 0 Å². The topological polar surface area (TPSA) is 9.23 Å². The normalized spacial score (nSPS) is 10.1. The van der Waals surface area contributed by atoms with Crippen molar-refractivity contribution in [1.29, 1.82) is 0 Å². The molecule has 0 aliphatic heterocycles. The van der Waals surface area contributed by atoms with Gasteiger partial charge in [0.05, 0.1) is 12.7 Å². The molecule has 0 aliphatic carbocycles. The van der Waals surface area contributed by atoms with Gasteiger partial charge in [0.2, 0.25) is 0 Å². The van der Waals surface area contributed by atoms with Gasteiger partial charge in [-0.3, -0.25) is 0 Å². The molecule has 5 heteroatoms. The Morgan fingerprint density at radius 1 is 0.667 bits per heavy atom. The molecule has 0 radical (unpaired) electrons. The predicted molar refractivity (Wildman–Crippen MR) is 121 cm³/mol. The Labute approximate surface area is 191 Å². The molecule has 0 fully saturated rings. The number of hydrogen-bond acceptors (Lipinski definition) is 1. The average molecular weight is 450 g/mol. The zero-order chi connectivity index (χ0) is 23.8. The van der Waals surface area contributed by atoms with Crippen LogP contribution >= 0.6 is 0 Å². The first-order valence-electron chi connectivity index (χ1n) is 10.6. The second-order valence-corrected chi connectivity index (χ2v) is 7.44. The quantitative estimate of drug-likeness (QED) is 0.236. The molecule has 33 heavy (non-hydrogen) atoms. The highest BCUT2D eigenvalue weighted by Gasteiger charge is 2.11. The van der Waals surface area contributed by atoms with Crippen molar-refractivity contribution in [2.24, 2.45) is 0 Å². The number of aryl methyl sites for hydroxylation is 1. The Kier molecular flexibility index (Phi) is 8.17. The standard InChI is InChI=1S/C28H22F4O/c1-3-4-5-6-21-15-24(29)23(25(30)16-21)14-13-20-9-7-19(8-10-20)11-12-22-17-26(31)28(33-2)27(32)18-22/h7-10,15-18H,3-6H2,1-2H3. The van der Waals surface area contributed by atoms with Crippen molar-refractivity contribution >= 4 is 0 Å². The first-order valence-corrected chi connectivity index (χ1v) is 10.6. The van der Waals surface area contributed by atoms with Crippen LogP contribution in [0.15, 0.2) is 48.5 Å². The van der Waals surface area contributed by atoms with Gasteiger partial charge in [-0.15, -0.1) is 0 Å². The lowest BCUT2D eigenvalue weighted by atomic mass is 10.0. The molecule has 0 saturated heterocycles. The van der Waals surface area contributed by atoms with E-state index < -0.39 is 29.0 Å². The molecule has 1 nitrogen and oxygen atoms in total. The Hall–Kier alpha value is -3.70. The fourth-order valence-electron chi connectivity index (χ4n) is 3.21. The number of halogens is 4. The van der Waals surface area contributed by atoms with Crippen LogP contribution in [0, 0.1) is 47.0 Å². The van der Waals surface area contributed by atoms with Crippen molar-refractivity contribution in [3.8, 4) is 29.4 Å². The highest BCUT2D eigenvalue weighted by atomic mass is 19.1. The lowest BCUT2D eigenvalue weighted by Crippen LogP contribution is -1.95. The minimum absolute atomic E-state index is 0.166. The molecule has 0 amide bonds. The van der Waals surface area contributed by atoms with Crippen LogP contribution in [-0.2, 0) is 6.42 Å². The molecule has 0 aliphatic rings. The molecule has 0 spiro atoms. The van der Waals surface area contributed by atoms with E-state index in [4.69, 9.17) is 0 Å². The van der Waals surface area contributed by atoms with Gasteiger partial charge in [0.15, 0.2) is 17.4 Å². The molecule has 0 N–H and O–H groups in total. The highest BCUT2D eigenvalue weighted by molar-refractivity contribution is 5.49. The molecule has 3 aromatic carbocycles. The van der Waals surface area contributed by atoms with Crippen LogP contribution < -0.4 is 4.74 Å². The zero-order valence-corrected chi connectivity index (χ0v) is 18.4. The van der Waals surface area contributed by atoms with E-state index in [1.165, 1.54) is 19.2 Å². The van der Waals surface area contributed by atoms with Crippen LogP contribution in [0.3, 0.4) is 0 Å². The number of benzene rings is 3. The summed E-state index contributed by atoms with van der Waals surface area (Å²) in [6.45, 7) is 2.07. The van der Waals surface area contributed by atoms with Crippen LogP contribution in [0.25, 0.3) is 0 Å². The van der Waals surface area contributed by atoms with E-state index in [0.29, 0.717) is 23.1 Å². The molecular formula is C28H22F4O. The highest BCUT2D eigenvalue weighted by Crippen LogP contribution is 2.22. The van der Waals surface area contributed by atoms with E-state index in [9.17, 15) is 17.6 Å². The number of methoxy groups -OCH3 is 1. The average Bonchev–Trinajstić information content (AvgIpc) is 2.78. The molecule has 0 atom stereocenters. The van der Waals surface area contributed by atoms with E-state index in [0.717, 1.165) is 31.4 Å². The van der Waals surface area contributed by atoms with Crippen LogP contribution in [-0.4, -0.2) is 7.11 Å². The smallest absolute Gasteiger partial charge is 0.190 e. The fraction of sp³-hybridized carbons (Fsp3) is 0.214. The van der Waals surface area contributed by atoms with Gasteiger partial charge < -0.3 is 4.74 Å². The third-order valence-corrected chi connectivity index (χ3v) is 4.94. The zero-order valence-electron chi connectivity index (χ0n) is 18.4. The van der Waals surface area contributed by atoms with Gasteiger partial charge in [0.1, 0.15) is 11.6 Å². The molecule has 0 heterocycles. The summed E-state index contributed by atoms with van der Waals surface area (Å²) in [5.74, 6) is 7.35. The molecule has 0 aromatic heterocycles. The van der Waals surface area contributed by atoms with E-state index in [2.05, 4.69) is 35.3 Å². The van der Waals surface area contributed by atoms with Crippen molar-refractivity contribution in [3.63, 3.8) is 0 Å². The summed E-state index contributed by atoms with van der Waals surface area (Å²) in [6.07, 6.45) is 3.57. The first-order chi connectivity index (χ1) is 15.9. The summed E-state index contributed by atoms with van der Waals surface area (Å²) >= 11 is 0. The summed E-state index contributed by atoms with van der Waals surface area (Å²) in [5, 5.41) is 0. The molecule has 3 rings (SSSR count). The minimum Gasteiger partial charge on any atom is -0.491 e. The first kappa shape index (κ1) is 24.0. The third-order valence-electron chi connectivity index (χ3n) is 4.94. The van der Waals surface area contributed by atoms with Gasteiger partial charge in [0.25, 0.3) is 0 Å². The van der Waals surface area contributed by atoms with E-state index in [1.807, 2.05) is 0 Å². The second-order valence-electron chi connectivity index (χ2n) is 7.44. The van der Waals surface area contributed by atoms with Crippen LogP contribution in [0.1, 0.15) is 54.0 Å². The second kappa shape index (κ2) is 11.2. The maximum absolute atomic E-state index is 14.3. The van der Waals surface area contributed by atoms with Crippen molar-refractivity contribution in [2.45, 2.75) is 32.6 Å².